The summed E-state index contributed by atoms with van der Waals surface area (Å²) in [4.78, 5) is 3.98. The molecule has 0 bridgehead atoms. The van der Waals surface area contributed by atoms with Crippen LogP contribution < -0.4 is 0 Å². The van der Waals surface area contributed by atoms with E-state index in [1.165, 1.54) is 11.3 Å². The molecule has 0 aromatic carbocycles. The molecule has 1 unspecified atom stereocenters. The van der Waals surface area contributed by atoms with Gasteiger partial charge in [-0.2, -0.15) is 5.26 Å². The van der Waals surface area contributed by atoms with Crippen molar-refractivity contribution in [3.63, 3.8) is 0 Å². The molecule has 9 heavy (non-hydrogen) atoms. The fraction of sp³-hybridized carbons (Fsp3) is 0.333. The molecule has 0 N–H and O–H groups in total. The molecular formula is C6H6N2S. The molecule has 3 heteroatoms. The van der Waals surface area contributed by atoms with Crippen LogP contribution in [0.25, 0.3) is 0 Å². The summed E-state index contributed by atoms with van der Waals surface area (Å²) in [5.41, 5.74) is 0. The van der Waals surface area contributed by atoms with Gasteiger partial charge in [-0.3, -0.25) is 0 Å². The van der Waals surface area contributed by atoms with Crippen molar-refractivity contribution in [3.05, 3.63) is 16.6 Å². The second-order valence-corrected chi connectivity index (χ2v) is 2.65. The Bertz CT molecular complexity index is 209. The van der Waals surface area contributed by atoms with Crippen molar-refractivity contribution in [2.75, 3.05) is 0 Å². The Morgan fingerprint density at radius 2 is 2.67 bits per heavy atom. The van der Waals surface area contributed by atoms with Gasteiger partial charge < -0.3 is 0 Å². The van der Waals surface area contributed by atoms with Crippen LogP contribution in [0, 0.1) is 11.3 Å². The predicted molar refractivity (Wildman–Crippen MR) is 36.1 cm³/mol. The van der Waals surface area contributed by atoms with Crippen LogP contribution in [-0.4, -0.2) is 4.98 Å². The van der Waals surface area contributed by atoms with Crippen LogP contribution >= 0.6 is 11.3 Å². The lowest BCUT2D eigenvalue weighted by molar-refractivity contribution is 0.959. The van der Waals surface area contributed by atoms with Gasteiger partial charge in [-0.05, 0) is 6.92 Å². The van der Waals surface area contributed by atoms with Crippen molar-refractivity contribution >= 4 is 11.3 Å². The fourth-order valence-corrected chi connectivity index (χ4v) is 1.14. The first kappa shape index (κ1) is 6.24. The highest BCUT2D eigenvalue weighted by Gasteiger charge is 2.03. The van der Waals surface area contributed by atoms with Crippen molar-refractivity contribution in [3.8, 4) is 6.07 Å². The van der Waals surface area contributed by atoms with Crippen molar-refractivity contribution in [2.24, 2.45) is 0 Å². The minimum Gasteiger partial charge on any atom is -0.248 e. The quantitative estimate of drug-likeness (QED) is 0.593. The maximum Gasteiger partial charge on any atom is 0.109 e. The SMILES string of the molecule is CC(C#N)c1nccs1. The summed E-state index contributed by atoms with van der Waals surface area (Å²) in [5, 5.41) is 11.2. The summed E-state index contributed by atoms with van der Waals surface area (Å²) in [6, 6.07) is 2.12. The van der Waals surface area contributed by atoms with Gasteiger partial charge in [-0.1, -0.05) is 0 Å². The van der Waals surface area contributed by atoms with Crippen molar-refractivity contribution in [1.29, 1.82) is 5.26 Å². The molecule has 1 aromatic heterocycles. The Morgan fingerprint density at radius 3 is 3.11 bits per heavy atom. The van der Waals surface area contributed by atoms with E-state index in [1.807, 2.05) is 12.3 Å². The van der Waals surface area contributed by atoms with Crippen LogP contribution in [0.15, 0.2) is 11.6 Å². The normalized spacial score (nSPS) is 12.4. The molecule has 0 saturated heterocycles. The van der Waals surface area contributed by atoms with Crippen LogP contribution in [0.5, 0.6) is 0 Å². The highest BCUT2D eigenvalue weighted by atomic mass is 32.1. The van der Waals surface area contributed by atoms with Gasteiger partial charge in [0.05, 0.1) is 12.0 Å². The van der Waals surface area contributed by atoms with E-state index in [1.54, 1.807) is 6.20 Å². The van der Waals surface area contributed by atoms with Crippen molar-refractivity contribution in [2.45, 2.75) is 12.8 Å². The van der Waals surface area contributed by atoms with Crippen LogP contribution in [0.3, 0.4) is 0 Å². The van der Waals surface area contributed by atoms with Gasteiger partial charge in [0.1, 0.15) is 5.01 Å². The summed E-state index contributed by atoms with van der Waals surface area (Å²) in [6.45, 7) is 1.85. The molecule has 0 radical (unpaired) electrons. The summed E-state index contributed by atoms with van der Waals surface area (Å²) < 4.78 is 0. The number of nitrogens with zero attached hydrogens (tertiary/aromatic N) is 2. The van der Waals surface area contributed by atoms with E-state index in [9.17, 15) is 0 Å². The third-order valence-electron chi connectivity index (χ3n) is 1.02. The minimum atomic E-state index is -0.0509. The lowest BCUT2D eigenvalue weighted by Crippen LogP contribution is -1.85. The van der Waals surface area contributed by atoms with Gasteiger partial charge in [0.25, 0.3) is 0 Å². The standard InChI is InChI=1S/C6H6N2S/c1-5(4-7)6-8-2-3-9-6/h2-3,5H,1H3. The molecular weight excluding hydrogens is 132 g/mol. The third-order valence-corrected chi connectivity index (χ3v) is 1.97. The second-order valence-electron chi connectivity index (χ2n) is 1.72. The highest BCUT2D eigenvalue weighted by Crippen LogP contribution is 2.15. The lowest BCUT2D eigenvalue weighted by atomic mass is 10.2. The van der Waals surface area contributed by atoms with Gasteiger partial charge in [0, 0.05) is 11.6 Å². The minimum absolute atomic E-state index is 0.0509. The predicted octanol–water partition coefficient (Wildman–Crippen LogP) is 1.77. The monoisotopic (exact) mass is 138 g/mol. The molecule has 1 rings (SSSR count). The van der Waals surface area contributed by atoms with Gasteiger partial charge in [-0.15, -0.1) is 11.3 Å². The molecule has 2 nitrogen and oxygen atoms in total. The molecule has 0 saturated carbocycles. The van der Waals surface area contributed by atoms with E-state index in [0.29, 0.717) is 0 Å². The number of thiazole rings is 1. The molecule has 0 amide bonds. The highest BCUT2D eigenvalue weighted by molar-refractivity contribution is 7.09. The van der Waals surface area contributed by atoms with E-state index in [4.69, 9.17) is 5.26 Å². The first-order valence-electron chi connectivity index (χ1n) is 2.63. The van der Waals surface area contributed by atoms with E-state index >= 15 is 0 Å². The average molecular weight is 138 g/mol. The Hall–Kier alpha value is -0.880. The number of aromatic nitrogens is 1. The molecule has 0 aliphatic heterocycles. The zero-order valence-electron chi connectivity index (χ0n) is 5.03. The largest absolute Gasteiger partial charge is 0.248 e. The number of hydrogen-bond acceptors (Lipinski definition) is 3. The number of rotatable bonds is 1. The Kier molecular flexibility index (Phi) is 1.81. The van der Waals surface area contributed by atoms with Crippen molar-refractivity contribution < 1.29 is 0 Å². The molecule has 0 spiro atoms. The third kappa shape index (κ3) is 1.27. The summed E-state index contributed by atoms with van der Waals surface area (Å²) in [5.74, 6) is -0.0509. The van der Waals surface area contributed by atoms with Gasteiger partial charge >= 0.3 is 0 Å². The van der Waals surface area contributed by atoms with Gasteiger partial charge in [0.15, 0.2) is 0 Å². The maximum absolute atomic E-state index is 8.42. The van der Waals surface area contributed by atoms with E-state index in [-0.39, 0.29) is 5.92 Å². The first-order valence-corrected chi connectivity index (χ1v) is 3.51. The van der Waals surface area contributed by atoms with Gasteiger partial charge in [-0.25, -0.2) is 4.98 Å². The van der Waals surface area contributed by atoms with Gasteiger partial charge in [0.2, 0.25) is 0 Å². The van der Waals surface area contributed by atoms with Crippen LogP contribution in [0.2, 0.25) is 0 Å². The maximum atomic E-state index is 8.42. The molecule has 0 aliphatic rings. The Labute approximate surface area is 57.8 Å². The zero-order valence-corrected chi connectivity index (χ0v) is 5.85. The van der Waals surface area contributed by atoms with Crippen LogP contribution in [0.4, 0.5) is 0 Å². The van der Waals surface area contributed by atoms with E-state index in [2.05, 4.69) is 11.1 Å². The summed E-state index contributed by atoms with van der Waals surface area (Å²) >= 11 is 1.52. The smallest absolute Gasteiger partial charge is 0.109 e. The summed E-state index contributed by atoms with van der Waals surface area (Å²) in [6.07, 6.45) is 1.72. The number of hydrogen-bond donors (Lipinski definition) is 0. The molecule has 1 heterocycles. The first-order chi connectivity index (χ1) is 4.34. The van der Waals surface area contributed by atoms with E-state index in [0.717, 1.165) is 5.01 Å². The second kappa shape index (κ2) is 2.60. The lowest BCUT2D eigenvalue weighted by Gasteiger charge is -1.90. The fourth-order valence-electron chi connectivity index (χ4n) is 0.504. The summed E-state index contributed by atoms with van der Waals surface area (Å²) in [7, 11) is 0. The van der Waals surface area contributed by atoms with Crippen LogP contribution in [0.1, 0.15) is 17.8 Å². The average Bonchev–Trinajstić information content (AvgIpc) is 2.37. The Balaban J connectivity index is 2.80. The molecule has 0 aliphatic carbocycles. The zero-order chi connectivity index (χ0) is 6.69. The molecule has 0 fully saturated rings. The van der Waals surface area contributed by atoms with E-state index < -0.39 is 0 Å². The topological polar surface area (TPSA) is 36.7 Å². The Morgan fingerprint density at radius 1 is 1.89 bits per heavy atom. The van der Waals surface area contributed by atoms with Crippen LogP contribution in [-0.2, 0) is 0 Å². The molecule has 1 aromatic rings. The molecule has 1 atom stereocenters. The van der Waals surface area contributed by atoms with Crippen molar-refractivity contribution in [1.82, 2.24) is 4.98 Å². The molecule has 46 valence electrons. The number of nitriles is 1.